The van der Waals surface area contributed by atoms with Crippen LogP contribution in [0.5, 0.6) is 0 Å². The Labute approximate surface area is 156 Å². The highest BCUT2D eigenvalue weighted by Crippen LogP contribution is 2.33. The van der Waals surface area contributed by atoms with E-state index in [-0.39, 0.29) is 17.6 Å². The number of H-pyrrole nitrogens is 1. The van der Waals surface area contributed by atoms with Crippen LogP contribution < -0.4 is 5.56 Å². The lowest BCUT2D eigenvalue weighted by Gasteiger charge is -2.37. The van der Waals surface area contributed by atoms with Gasteiger partial charge in [0.05, 0.1) is 12.1 Å². The summed E-state index contributed by atoms with van der Waals surface area (Å²) < 4.78 is 5.63. The van der Waals surface area contributed by atoms with Crippen LogP contribution in [0.25, 0.3) is 10.9 Å². The third-order valence-electron chi connectivity index (χ3n) is 5.61. The first-order chi connectivity index (χ1) is 12.9. The number of piperidine rings is 1. The maximum atomic E-state index is 13.1. The molecule has 2 aliphatic rings. The summed E-state index contributed by atoms with van der Waals surface area (Å²) in [6, 6.07) is 7.03. The van der Waals surface area contributed by atoms with Crippen molar-refractivity contribution < 1.29 is 14.3 Å². The normalized spacial score (nSPS) is 19.0. The predicted octanol–water partition coefficient (Wildman–Crippen LogP) is 2.28. The highest BCUT2D eigenvalue weighted by molar-refractivity contribution is 6.06. The zero-order valence-electron chi connectivity index (χ0n) is 15.6. The molecule has 4 rings (SSSR count). The van der Waals surface area contributed by atoms with Crippen LogP contribution in [-0.2, 0) is 4.74 Å². The van der Waals surface area contributed by atoms with Crippen molar-refractivity contribution in [3.63, 3.8) is 0 Å². The second-order valence-electron chi connectivity index (χ2n) is 7.45. The highest BCUT2D eigenvalue weighted by atomic mass is 16.6. The second kappa shape index (κ2) is 6.40. The van der Waals surface area contributed by atoms with Crippen LogP contribution in [0.3, 0.4) is 0 Å². The van der Waals surface area contributed by atoms with Gasteiger partial charge >= 0.3 is 6.09 Å². The number of hydrogen-bond acceptors (Lipinski definition) is 4. The van der Waals surface area contributed by atoms with Crippen molar-refractivity contribution in [2.75, 3.05) is 26.2 Å². The van der Waals surface area contributed by atoms with Crippen LogP contribution in [-0.4, -0.2) is 58.6 Å². The van der Waals surface area contributed by atoms with Crippen LogP contribution in [0, 0.1) is 6.92 Å². The molecule has 2 aliphatic heterocycles. The van der Waals surface area contributed by atoms with E-state index in [1.54, 1.807) is 9.80 Å². The molecule has 27 heavy (non-hydrogen) atoms. The van der Waals surface area contributed by atoms with Gasteiger partial charge in [-0.3, -0.25) is 9.59 Å². The zero-order valence-corrected chi connectivity index (χ0v) is 15.6. The van der Waals surface area contributed by atoms with Crippen molar-refractivity contribution in [1.82, 2.24) is 14.8 Å². The number of nitrogens with one attached hydrogen (secondary N) is 1. The summed E-state index contributed by atoms with van der Waals surface area (Å²) in [7, 11) is 0. The Bertz CT molecular complexity index is 973. The summed E-state index contributed by atoms with van der Waals surface area (Å²) in [5.74, 6) is -0.150. The molecule has 0 bridgehead atoms. The number of amides is 2. The number of ether oxygens (including phenoxy) is 1. The smallest absolute Gasteiger partial charge is 0.410 e. The van der Waals surface area contributed by atoms with Gasteiger partial charge in [0, 0.05) is 49.4 Å². The largest absolute Gasteiger partial charge is 0.441 e. The SMILES string of the molecule is CCN1CC2(CCN(C(=O)c3cc(=O)[nH]c4ccc(C)cc34)CC2)OC1=O. The maximum absolute atomic E-state index is 13.1. The minimum absolute atomic E-state index is 0.150. The van der Waals surface area contributed by atoms with Crippen LogP contribution in [0.1, 0.15) is 35.7 Å². The van der Waals surface area contributed by atoms with E-state index in [0.29, 0.717) is 50.1 Å². The van der Waals surface area contributed by atoms with E-state index in [9.17, 15) is 14.4 Å². The topological polar surface area (TPSA) is 82.7 Å². The average Bonchev–Trinajstić information content (AvgIpc) is 2.96. The molecule has 2 aromatic rings. The lowest BCUT2D eigenvalue weighted by atomic mass is 9.91. The number of rotatable bonds is 2. The molecule has 2 saturated heterocycles. The molecule has 0 atom stereocenters. The molecule has 2 fully saturated rings. The number of benzene rings is 1. The standard InChI is InChI=1S/C20H23N3O4/c1-3-22-12-20(27-19(22)26)6-8-23(9-7-20)18(25)15-11-17(24)21-16-5-4-13(2)10-14(15)16/h4-5,10-11H,3,6-9,12H2,1-2H3,(H,21,24). The van der Waals surface area contributed by atoms with E-state index in [0.717, 1.165) is 10.9 Å². The fraction of sp³-hybridized carbons (Fsp3) is 0.450. The van der Waals surface area contributed by atoms with E-state index < -0.39 is 5.60 Å². The van der Waals surface area contributed by atoms with Crippen molar-refractivity contribution in [1.29, 1.82) is 0 Å². The Morgan fingerprint density at radius 2 is 1.96 bits per heavy atom. The lowest BCUT2D eigenvalue weighted by molar-refractivity contribution is 0.00320. The number of carbonyl (C=O) groups excluding carboxylic acids is 2. The van der Waals surface area contributed by atoms with E-state index in [2.05, 4.69) is 4.98 Å². The van der Waals surface area contributed by atoms with Gasteiger partial charge in [-0.05, 0) is 26.0 Å². The van der Waals surface area contributed by atoms with Crippen molar-refractivity contribution in [2.24, 2.45) is 0 Å². The predicted molar refractivity (Wildman–Crippen MR) is 101 cm³/mol. The summed E-state index contributed by atoms with van der Waals surface area (Å²) >= 11 is 0. The van der Waals surface area contributed by atoms with Crippen molar-refractivity contribution in [3.05, 3.63) is 45.7 Å². The van der Waals surface area contributed by atoms with Crippen LogP contribution in [0.15, 0.2) is 29.1 Å². The van der Waals surface area contributed by atoms with Gasteiger partial charge in [-0.2, -0.15) is 0 Å². The Balaban J connectivity index is 1.57. The number of aryl methyl sites for hydroxylation is 1. The summed E-state index contributed by atoms with van der Waals surface area (Å²) in [6.45, 7) is 6.10. The molecular weight excluding hydrogens is 346 g/mol. The van der Waals surface area contributed by atoms with Gasteiger partial charge < -0.3 is 19.5 Å². The number of hydrogen-bond donors (Lipinski definition) is 1. The third kappa shape index (κ3) is 3.07. The highest BCUT2D eigenvalue weighted by Gasteiger charge is 2.47. The van der Waals surface area contributed by atoms with Crippen LogP contribution in [0.2, 0.25) is 0 Å². The monoisotopic (exact) mass is 369 g/mol. The molecule has 1 aromatic carbocycles. The van der Waals surface area contributed by atoms with Crippen molar-refractivity contribution >= 4 is 22.9 Å². The molecule has 0 radical (unpaired) electrons. The van der Waals surface area contributed by atoms with E-state index in [4.69, 9.17) is 4.74 Å². The molecule has 7 heteroatoms. The maximum Gasteiger partial charge on any atom is 0.410 e. The molecular formula is C20H23N3O4. The average molecular weight is 369 g/mol. The third-order valence-corrected chi connectivity index (χ3v) is 5.61. The van der Waals surface area contributed by atoms with Crippen LogP contribution >= 0.6 is 0 Å². The first kappa shape index (κ1) is 17.6. The molecule has 0 aliphatic carbocycles. The lowest BCUT2D eigenvalue weighted by Crippen LogP contribution is -2.48. The Morgan fingerprint density at radius 1 is 1.22 bits per heavy atom. The van der Waals surface area contributed by atoms with Gasteiger partial charge in [0.2, 0.25) is 5.56 Å². The van der Waals surface area contributed by atoms with Crippen LogP contribution in [0.4, 0.5) is 4.79 Å². The fourth-order valence-electron chi connectivity index (χ4n) is 4.03. The first-order valence-corrected chi connectivity index (χ1v) is 9.32. The molecule has 1 aromatic heterocycles. The van der Waals surface area contributed by atoms with Gasteiger partial charge in [0.25, 0.3) is 5.91 Å². The minimum Gasteiger partial charge on any atom is -0.441 e. The summed E-state index contributed by atoms with van der Waals surface area (Å²) in [4.78, 5) is 43.3. The number of nitrogens with zero attached hydrogens (tertiary/aromatic N) is 2. The number of likely N-dealkylation sites (N-methyl/N-ethyl adjacent to an activating group) is 1. The molecule has 2 amide bonds. The van der Waals surface area contributed by atoms with Gasteiger partial charge in [0.15, 0.2) is 0 Å². The molecule has 1 N–H and O–H groups in total. The molecule has 1 spiro atoms. The number of likely N-dealkylation sites (tertiary alicyclic amines) is 1. The fourth-order valence-corrected chi connectivity index (χ4v) is 4.03. The molecule has 142 valence electrons. The number of aromatic amines is 1. The number of fused-ring (bicyclic) bond motifs is 1. The first-order valence-electron chi connectivity index (χ1n) is 9.32. The number of carbonyl (C=O) groups is 2. The Hall–Kier alpha value is -2.83. The van der Waals surface area contributed by atoms with Gasteiger partial charge in [-0.1, -0.05) is 11.6 Å². The number of aromatic nitrogens is 1. The van der Waals surface area contributed by atoms with Gasteiger partial charge in [0.1, 0.15) is 5.60 Å². The van der Waals surface area contributed by atoms with Gasteiger partial charge in [-0.25, -0.2) is 4.79 Å². The molecule has 0 unspecified atom stereocenters. The zero-order chi connectivity index (χ0) is 19.2. The summed E-state index contributed by atoms with van der Waals surface area (Å²) in [6.07, 6.45) is 0.954. The molecule has 3 heterocycles. The summed E-state index contributed by atoms with van der Waals surface area (Å²) in [5, 5.41) is 0.754. The van der Waals surface area contributed by atoms with E-state index >= 15 is 0 Å². The van der Waals surface area contributed by atoms with Gasteiger partial charge in [-0.15, -0.1) is 0 Å². The van der Waals surface area contributed by atoms with Crippen molar-refractivity contribution in [2.45, 2.75) is 32.3 Å². The second-order valence-corrected chi connectivity index (χ2v) is 7.45. The molecule has 0 saturated carbocycles. The van der Waals surface area contributed by atoms with E-state index in [1.165, 1.54) is 6.07 Å². The minimum atomic E-state index is -0.489. The molecule has 7 nitrogen and oxygen atoms in total. The number of pyridine rings is 1. The van der Waals surface area contributed by atoms with E-state index in [1.807, 2.05) is 32.0 Å². The Morgan fingerprint density at radius 3 is 2.63 bits per heavy atom. The quantitative estimate of drug-likeness (QED) is 0.880. The Kier molecular flexibility index (Phi) is 4.17. The summed E-state index contributed by atoms with van der Waals surface area (Å²) in [5.41, 5.74) is 1.34. The van der Waals surface area contributed by atoms with Crippen molar-refractivity contribution in [3.8, 4) is 0 Å².